The minimum absolute atomic E-state index is 0.359. The molecule has 0 aromatic heterocycles. The lowest BCUT2D eigenvalue weighted by atomic mass is 10.6. The average Bonchev–Trinajstić information content (AvgIpc) is 1.90. The fourth-order valence-electron chi connectivity index (χ4n) is 0.201. The van der Waals surface area contributed by atoms with Gasteiger partial charge in [-0.15, -0.1) is 0 Å². The van der Waals surface area contributed by atoms with Gasteiger partial charge in [-0.05, 0) is 6.92 Å². The Morgan fingerprint density at radius 1 is 1.70 bits per heavy atom. The Morgan fingerprint density at radius 2 is 2.10 bits per heavy atom. The van der Waals surface area contributed by atoms with Crippen molar-refractivity contribution in [1.29, 1.82) is 0 Å². The number of carbonyl (C=O) groups is 1. The van der Waals surface area contributed by atoms with Gasteiger partial charge < -0.3 is 10.1 Å². The number of hydrogen-bond donors (Lipinski definition) is 1. The summed E-state index contributed by atoms with van der Waals surface area (Å²) in [6, 6.07) is 0. The second-order valence-corrected chi connectivity index (χ2v) is 1.53. The van der Waals surface area contributed by atoms with Crippen molar-refractivity contribution in [1.82, 2.24) is 0 Å². The standard InChI is InChI=1S/C5H8O2.C2H7N/c1-3-5(6)7-4-2;1-3-2/h3H,1,4H2,2H3;3H,1-2H3/p+1. The van der Waals surface area contributed by atoms with Gasteiger partial charge in [0.15, 0.2) is 0 Å². The molecule has 0 spiro atoms. The summed E-state index contributed by atoms with van der Waals surface area (Å²) in [6.07, 6.45) is 1.14. The highest BCUT2D eigenvalue weighted by molar-refractivity contribution is 5.81. The Hall–Kier alpha value is -0.830. The third-order valence-corrected chi connectivity index (χ3v) is 0.453. The van der Waals surface area contributed by atoms with E-state index in [4.69, 9.17) is 0 Å². The van der Waals surface area contributed by atoms with Gasteiger partial charge in [-0.3, -0.25) is 0 Å². The Labute approximate surface area is 62.1 Å². The summed E-state index contributed by atoms with van der Waals surface area (Å²) in [4.78, 5) is 10.1. The molecule has 2 N–H and O–H groups in total. The Kier molecular flexibility index (Phi) is 13.1. The summed E-state index contributed by atoms with van der Waals surface area (Å²) in [7, 11) is 4.00. The zero-order valence-electron chi connectivity index (χ0n) is 6.89. The van der Waals surface area contributed by atoms with Crippen molar-refractivity contribution in [2.24, 2.45) is 0 Å². The highest BCUT2D eigenvalue weighted by Crippen LogP contribution is 1.74. The van der Waals surface area contributed by atoms with Gasteiger partial charge in [-0.2, -0.15) is 0 Å². The molecule has 0 amide bonds. The Balaban J connectivity index is 0. The van der Waals surface area contributed by atoms with E-state index in [9.17, 15) is 4.79 Å². The van der Waals surface area contributed by atoms with Crippen LogP contribution in [0, 0.1) is 0 Å². The third-order valence-electron chi connectivity index (χ3n) is 0.453. The topological polar surface area (TPSA) is 42.9 Å². The number of esters is 1. The number of hydrogen-bond acceptors (Lipinski definition) is 2. The molecule has 0 aromatic rings. The second-order valence-electron chi connectivity index (χ2n) is 1.53. The van der Waals surface area contributed by atoms with E-state index >= 15 is 0 Å². The van der Waals surface area contributed by atoms with Gasteiger partial charge in [-0.1, -0.05) is 6.58 Å². The lowest BCUT2D eigenvalue weighted by molar-refractivity contribution is -0.597. The van der Waals surface area contributed by atoms with Gasteiger partial charge in [0.25, 0.3) is 0 Å². The van der Waals surface area contributed by atoms with Gasteiger partial charge in [-0.25, -0.2) is 4.79 Å². The van der Waals surface area contributed by atoms with E-state index in [-0.39, 0.29) is 5.97 Å². The maximum absolute atomic E-state index is 10.1. The molecule has 0 aromatic carbocycles. The van der Waals surface area contributed by atoms with Crippen molar-refractivity contribution < 1.29 is 14.8 Å². The Bertz CT molecular complexity index is 91.6. The number of quaternary nitrogens is 1. The third kappa shape index (κ3) is 15.7. The van der Waals surface area contributed by atoms with Crippen molar-refractivity contribution in [3.63, 3.8) is 0 Å². The van der Waals surface area contributed by atoms with Crippen molar-refractivity contribution in [3.8, 4) is 0 Å². The fraction of sp³-hybridized carbons (Fsp3) is 0.571. The first kappa shape index (κ1) is 11.9. The SMILES string of the molecule is C=CC(=O)OCC.C[NH2+]C. The first-order valence-corrected chi connectivity index (χ1v) is 3.26. The molecule has 0 fully saturated rings. The van der Waals surface area contributed by atoms with Crippen LogP contribution in [0.5, 0.6) is 0 Å². The van der Waals surface area contributed by atoms with Crippen molar-refractivity contribution in [3.05, 3.63) is 12.7 Å². The summed E-state index contributed by atoms with van der Waals surface area (Å²) >= 11 is 0. The number of rotatable bonds is 2. The van der Waals surface area contributed by atoms with Crippen LogP contribution in [0.4, 0.5) is 0 Å². The number of carbonyl (C=O) groups excluding carboxylic acids is 1. The van der Waals surface area contributed by atoms with Crippen molar-refractivity contribution in [2.75, 3.05) is 20.7 Å². The molecule has 0 rings (SSSR count). The van der Waals surface area contributed by atoms with E-state index < -0.39 is 0 Å². The second kappa shape index (κ2) is 11.0. The summed E-state index contributed by atoms with van der Waals surface area (Å²) in [5.74, 6) is -0.359. The summed E-state index contributed by atoms with van der Waals surface area (Å²) in [6.45, 7) is 5.38. The van der Waals surface area contributed by atoms with Crippen LogP contribution in [-0.4, -0.2) is 26.7 Å². The van der Waals surface area contributed by atoms with Gasteiger partial charge in [0.05, 0.1) is 20.7 Å². The van der Waals surface area contributed by atoms with Crippen LogP contribution in [0.2, 0.25) is 0 Å². The fourth-order valence-corrected chi connectivity index (χ4v) is 0.201. The van der Waals surface area contributed by atoms with Crippen LogP contribution < -0.4 is 5.32 Å². The van der Waals surface area contributed by atoms with Crippen LogP contribution in [-0.2, 0) is 9.53 Å². The van der Waals surface area contributed by atoms with Crippen LogP contribution in [0.15, 0.2) is 12.7 Å². The monoisotopic (exact) mass is 146 g/mol. The number of nitrogens with two attached hydrogens (primary N) is 1. The molecule has 0 unspecified atom stereocenters. The zero-order valence-corrected chi connectivity index (χ0v) is 6.89. The van der Waals surface area contributed by atoms with Gasteiger partial charge in [0.1, 0.15) is 0 Å². The predicted octanol–water partition coefficient (Wildman–Crippen LogP) is -0.455. The maximum Gasteiger partial charge on any atom is 0.330 e. The van der Waals surface area contributed by atoms with Gasteiger partial charge in [0.2, 0.25) is 0 Å². The number of ether oxygens (including phenoxy) is 1. The predicted molar refractivity (Wildman–Crippen MR) is 40.6 cm³/mol. The van der Waals surface area contributed by atoms with Crippen LogP contribution in [0.3, 0.4) is 0 Å². The highest BCUT2D eigenvalue weighted by atomic mass is 16.5. The zero-order chi connectivity index (χ0) is 8.41. The van der Waals surface area contributed by atoms with E-state index in [2.05, 4.69) is 11.3 Å². The molecule has 0 radical (unpaired) electrons. The normalized spacial score (nSPS) is 7.10. The molecule has 0 aliphatic carbocycles. The molecule has 3 heteroatoms. The van der Waals surface area contributed by atoms with E-state index in [0.717, 1.165) is 6.08 Å². The van der Waals surface area contributed by atoms with E-state index in [0.29, 0.717) is 6.61 Å². The highest BCUT2D eigenvalue weighted by Gasteiger charge is 1.86. The minimum atomic E-state index is -0.359. The minimum Gasteiger partial charge on any atom is -0.463 e. The van der Waals surface area contributed by atoms with Gasteiger partial charge >= 0.3 is 5.97 Å². The molecule has 0 saturated carbocycles. The summed E-state index contributed by atoms with van der Waals surface area (Å²) in [5.41, 5.74) is 0. The van der Waals surface area contributed by atoms with Crippen LogP contribution in [0.1, 0.15) is 6.92 Å². The molecule has 0 saturated heterocycles. The van der Waals surface area contributed by atoms with E-state index in [1.807, 2.05) is 19.4 Å². The smallest absolute Gasteiger partial charge is 0.330 e. The average molecular weight is 146 g/mol. The molecule has 0 atom stereocenters. The lowest BCUT2D eigenvalue weighted by Crippen LogP contribution is -2.74. The van der Waals surface area contributed by atoms with E-state index in [1.165, 1.54) is 0 Å². The van der Waals surface area contributed by atoms with Crippen molar-refractivity contribution >= 4 is 5.97 Å². The summed E-state index contributed by atoms with van der Waals surface area (Å²) < 4.78 is 4.43. The largest absolute Gasteiger partial charge is 0.463 e. The van der Waals surface area contributed by atoms with E-state index in [1.54, 1.807) is 6.92 Å². The molecule has 0 aliphatic heterocycles. The molecule has 60 valence electrons. The van der Waals surface area contributed by atoms with Gasteiger partial charge in [0, 0.05) is 6.08 Å². The van der Waals surface area contributed by atoms with Crippen LogP contribution >= 0.6 is 0 Å². The quantitative estimate of drug-likeness (QED) is 0.423. The molecular formula is C7H16NO2+. The first-order valence-electron chi connectivity index (χ1n) is 3.26. The Morgan fingerprint density at radius 3 is 2.20 bits per heavy atom. The molecule has 0 aliphatic rings. The molecule has 10 heavy (non-hydrogen) atoms. The van der Waals surface area contributed by atoms with Crippen LogP contribution in [0.25, 0.3) is 0 Å². The maximum atomic E-state index is 10.1. The first-order chi connectivity index (χ1) is 4.72. The molecule has 3 nitrogen and oxygen atoms in total. The molecule has 0 heterocycles. The molecular weight excluding hydrogens is 130 g/mol. The summed E-state index contributed by atoms with van der Waals surface area (Å²) in [5, 5.41) is 2.00. The lowest BCUT2D eigenvalue weighted by Gasteiger charge is -1.90. The van der Waals surface area contributed by atoms with Crippen molar-refractivity contribution in [2.45, 2.75) is 6.92 Å². The molecule has 0 bridgehead atoms.